The Balaban J connectivity index is 2.42. The fourth-order valence-electron chi connectivity index (χ4n) is 7.23. The van der Waals surface area contributed by atoms with E-state index in [-0.39, 0.29) is 19.6 Å². The number of carbonyl (C=O) groups excluding carboxylic acids is 1. The van der Waals surface area contributed by atoms with Crippen LogP contribution in [0.3, 0.4) is 0 Å². The summed E-state index contributed by atoms with van der Waals surface area (Å²) < 4.78 is 59.1. The molecule has 1 fully saturated rings. The summed E-state index contributed by atoms with van der Waals surface area (Å²) in [5.74, 6) is -0.413. The largest absolute Gasteiger partial charge is 0.457 e. The van der Waals surface area contributed by atoms with Gasteiger partial charge in [-0.15, -0.1) is 0 Å². The third kappa shape index (κ3) is 34.8. The van der Waals surface area contributed by atoms with Crippen molar-refractivity contribution in [1.82, 2.24) is 0 Å². The lowest BCUT2D eigenvalue weighted by Gasteiger charge is -2.41. The van der Waals surface area contributed by atoms with Crippen LogP contribution in [0.5, 0.6) is 0 Å². The van der Waals surface area contributed by atoms with Gasteiger partial charge in [0.05, 0.1) is 19.8 Å². The Kier molecular flexibility index (Phi) is 38.5. The van der Waals surface area contributed by atoms with E-state index in [1.807, 2.05) is 0 Å². The van der Waals surface area contributed by atoms with Crippen LogP contribution in [0.4, 0.5) is 0 Å². The molecule has 13 heteroatoms. The molecule has 6 unspecified atom stereocenters. The van der Waals surface area contributed by atoms with E-state index in [0.29, 0.717) is 13.0 Å². The van der Waals surface area contributed by atoms with Gasteiger partial charge < -0.3 is 34.3 Å². The molecule has 4 N–H and O–H groups in total. The molecule has 0 spiro atoms. The Morgan fingerprint density at radius 1 is 0.619 bits per heavy atom. The highest BCUT2D eigenvalue weighted by Gasteiger charge is 2.48. The first-order chi connectivity index (χ1) is 30.6. The molecule has 0 amide bonds. The summed E-state index contributed by atoms with van der Waals surface area (Å²) in [6, 6.07) is 0. The van der Waals surface area contributed by atoms with Crippen LogP contribution in [0.25, 0.3) is 0 Å². The first kappa shape index (κ1) is 58.8. The van der Waals surface area contributed by atoms with Gasteiger partial charge in [0.15, 0.2) is 6.29 Å². The molecule has 0 bridgehead atoms. The molecule has 1 saturated heterocycles. The maximum atomic E-state index is 12.9. The van der Waals surface area contributed by atoms with Crippen LogP contribution in [-0.4, -0.2) is 97.5 Å². The molecule has 1 aliphatic heterocycles. The van der Waals surface area contributed by atoms with E-state index < -0.39 is 59.8 Å². The van der Waals surface area contributed by atoms with Crippen LogP contribution in [0.15, 0.2) is 60.8 Å². The second kappa shape index (κ2) is 41.2. The van der Waals surface area contributed by atoms with Crippen LogP contribution in [0.2, 0.25) is 0 Å². The summed E-state index contributed by atoms with van der Waals surface area (Å²) >= 11 is 0. The number of unbranched alkanes of at least 4 members (excludes halogenated alkanes) is 19. The van der Waals surface area contributed by atoms with Gasteiger partial charge >= 0.3 is 16.4 Å². The van der Waals surface area contributed by atoms with Crippen molar-refractivity contribution in [2.45, 2.75) is 224 Å². The number of hydrogen-bond donors (Lipinski definition) is 4. The maximum absolute atomic E-state index is 12.9. The highest BCUT2D eigenvalue weighted by atomic mass is 32.3. The maximum Gasteiger partial charge on any atom is 0.397 e. The lowest BCUT2D eigenvalue weighted by atomic mass is 9.99. The predicted molar refractivity (Wildman–Crippen MR) is 253 cm³/mol. The van der Waals surface area contributed by atoms with Crippen molar-refractivity contribution < 1.29 is 56.2 Å². The first-order valence-electron chi connectivity index (χ1n) is 24.5. The summed E-state index contributed by atoms with van der Waals surface area (Å²) in [5.41, 5.74) is 0. The van der Waals surface area contributed by atoms with Gasteiger partial charge in [-0.1, -0.05) is 184 Å². The smallest absolute Gasteiger partial charge is 0.397 e. The minimum atomic E-state index is -5.07. The molecular formula is C50H88O12S. The van der Waals surface area contributed by atoms with Gasteiger partial charge in [-0.25, -0.2) is 4.18 Å². The molecule has 12 nitrogen and oxygen atoms in total. The molecule has 6 atom stereocenters. The van der Waals surface area contributed by atoms with E-state index in [1.54, 1.807) is 0 Å². The van der Waals surface area contributed by atoms with Gasteiger partial charge in [0.1, 0.15) is 30.5 Å². The van der Waals surface area contributed by atoms with Crippen LogP contribution < -0.4 is 0 Å². The van der Waals surface area contributed by atoms with Crippen molar-refractivity contribution in [2.75, 3.05) is 26.4 Å². The van der Waals surface area contributed by atoms with Crippen molar-refractivity contribution in [3.05, 3.63) is 60.8 Å². The van der Waals surface area contributed by atoms with Crippen LogP contribution >= 0.6 is 0 Å². The van der Waals surface area contributed by atoms with Gasteiger partial charge in [-0.3, -0.25) is 9.35 Å². The Morgan fingerprint density at radius 3 is 1.57 bits per heavy atom. The average molecular weight is 913 g/mol. The summed E-state index contributed by atoms with van der Waals surface area (Å²) in [6.07, 6.45) is 42.6. The van der Waals surface area contributed by atoms with Crippen LogP contribution in [0.1, 0.15) is 187 Å². The molecule has 0 aromatic rings. The zero-order valence-corrected chi connectivity index (χ0v) is 39.9. The highest BCUT2D eigenvalue weighted by molar-refractivity contribution is 7.80. The molecule has 1 aliphatic rings. The zero-order valence-electron chi connectivity index (χ0n) is 39.1. The Morgan fingerprint density at radius 2 is 1.10 bits per heavy atom. The molecule has 0 aromatic carbocycles. The van der Waals surface area contributed by atoms with Crippen molar-refractivity contribution in [2.24, 2.45) is 0 Å². The molecule has 0 saturated carbocycles. The Hall–Kier alpha value is -2.20. The Labute approximate surface area is 382 Å². The summed E-state index contributed by atoms with van der Waals surface area (Å²) in [7, 11) is -5.07. The van der Waals surface area contributed by atoms with Crippen molar-refractivity contribution in [3.8, 4) is 0 Å². The van der Waals surface area contributed by atoms with Gasteiger partial charge in [0.2, 0.25) is 0 Å². The van der Waals surface area contributed by atoms with E-state index in [9.17, 15) is 33.1 Å². The minimum absolute atomic E-state index is 0.00630. The SMILES string of the molecule is CC/C=C\C/C=C\C/C=C\C/C=C\C/C=C\CCCCOCC(COC1OC(CO)C(O)C(OS(=O)(=O)O)C1O)OC(=O)CCCCCCCCCCCCCCCCCCCC. The third-order valence-corrected chi connectivity index (χ3v) is 11.4. The number of hydrogen-bond acceptors (Lipinski definition) is 11. The zero-order chi connectivity index (χ0) is 46.1. The number of rotatable bonds is 42. The van der Waals surface area contributed by atoms with E-state index in [1.165, 1.54) is 89.9 Å². The second-order valence-corrected chi connectivity index (χ2v) is 17.7. The standard InChI is InChI=1S/C50H88O12S/c1-3-5-7-9-11-13-15-17-19-21-23-25-27-29-31-33-35-37-39-46(52)60-44(43-59-50-48(54)49(62-63(55,56)57)47(53)45(41-51)61-50)42-58-40-38-36-34-32-30-28-26-24-22-20-18-16-14-12-10-8-6-4-2/h6,8,12,14,18,20,24,26,30,32,44-45,47-51,53-54H,3-5,7,9-11,13,15-17,19,21-23,25,27-29,31,33-43H2,1-2H3,(H,55,56,57)/b8-6-,14-12-,20-18-,26-24-,32-30-. The molecule has 1 rings (SSSR count). The van der Waals surface area contributed by atoms with Crippen molar-refractivity contribution in [1.29, 1.82) is 0 Å². The van der Waals surface area contributed by atoms with E-state index in [2.05, 4.69) is 78.8 Å². The molecule has 0 radical (unpaired) electrons. The fraction of sp³-hybridized carbons (Fsp3) is 0.780. The van der Waals surface area contributed by atoms with E-state index in [4.69, 9.17) is 18.9 Å². The monoisotopic (exact) mass is 913 g/mol. The summed E-state index contributed by atoms with van der Waals surface area (Å²) in [4.78, 5) is 12.9. The second-order valence-electron chi connectivity index (χ2n) is 16.7. The fourth-order valence-corrected chi connectivity index (χ4v) is 7.74. The molecule has 366 valence electrons. The average Bonchev–Trinajstić information content (AvgIpc) is 3.26. The highest BCUT2D eigenvalue weighted by Crippen LogP contribution is 2.26. The molecule has 1 heterocycles. The number of aliphatic hydroxyl groups is 3. The van der Waals surface area contributed by atoms with E-state index >= 15 is 0 Å². The quantitative estimate of drug-likeness (QED) is 0.0197. The van der Waals surface area contributed by atoms with Crippen molar-refractivity contribution >= 4 is 16.4 Å². The minimum Gasteiger partial charge on any atom is -0.457 e. The normalized spacial score (nSPS) is 20.4. The van der Waals surface area contributed by atoms with Crippen molar-refractivity contribution in [3.63, 3.8) is 0 Å². The van der Waals surface area contributed by atoms with Gasteiger partial charge in [-0.2, -0.15) is 8.42 Å². The lowest BCUT2D eigenvalue weighted by molar-refractivity contribution is -0.301. The van der Waals surface area contributed by atoms with E-state index in [0.717, 1.165) is 70.6 Å². The number of esters is 1. The van der Waals surface area contributed by atoms with Gasteiger partial charge in [-0.05, 0) is 57.8 Å². The lowest BCUT2D eigenvalue weighted by Crippen LogP contribution is -2.60. The summed E-state index contributed by atoms with van der Waals surface area (Å²) in [6.45, 7) is 3.78. The topological polar surface area (TPSA) is 178 Å². The van der Waals surface area contributed by atoms with Crippen LogP contribution in [0, 0.1) is 0 Å². The number of allylic oxidation sites excluding steroid dienone is 10. The van der Waals surface area contributed by atoms with Gasteiger partial charge in [0.25, 0.3) is 0 Å². The predicted octanol–water partition coefficient (Wildman–Crippen LogP) is 10.9. The Bertz CT molecular complexity index is 1330. The molecule has 0 aromatic heterocycles. The van der Waals surface area contributed by atoms with Gasteiger partial charge in [0, 0.05) is 13.0 Å². The molecule has 63 heavy (non-hydrogen) atoms. The number of ether oxygens (including phenoxy) is 4. The van der Waals surface area contributed by atoms with Crippen LogP contribution in [-0.2, 0) is 38.3 Å². The first-order valence-corrected chi connectivity index (χ1v) is 25.9. The molecule has 0 aliphatic carbocycles. The molecular weight excluding hydrogens is 825 g/mol. The number of carbonyl (C=O) groups is 1. The third-order valence-electron chi connectivity index (χ3n) is 10.9. The summed E-state index contributed by atoms with van der Waals surface area (Å²) in [5, 5.41) is 30.7. The number of aliphatic hydroxyl groups excluding tert-OH is 3.